The lowest BCUT2D eigenvalue weighted by Crippen LogP contribution is -2.41. The van der Waals surface area contributed by atoms with Crippen LogP contribution in [0.25, 0.3) is 6.08 Å². The van der Waals surface area contributed by atoms with Crippen LogP contribution in [0.15, 0.2) is 18.2 Å². The Morgan fingerprint density at radius 3 is 2.25 bits per heavy atom. The first kappa shape index (κ1) is 16.1. The fourth-order valence-electron chi connectivity index (χ4n) is 1.71. The molecule has 0 spiro atoms. The summed E-state index contributed by atoms with van der Waals surface area (Å²) >= 11 is 0. The van der Waals surface area contributed by atoms with E-state index < -0.39 is 17.6 Å². The molecule has 1 aromatic rings. The molecule has 0 aliphatic carbocycles. The van der Waals surface area contributed by atoms with E-state index in [4.69, 9.17) is 5.11 Å². The summed E-state index contributed by atoms with van der Waals surface area (Å²) in [5.74, 6) is -2.59. The molecule has 0 fully saturated rings. The summed E-state index contributed by atoms with van der Waals surface area (Å²) in [6.07, 6.45) is 2.72. The third-order valence-electron chi connectivity index (χ3n) is 3.57. The molecule has 0 saturated heterocycles. The maximum Gasteiger partial charge on any atom is 0.328 e. The number of anilines is 1. The average molecular weight is 283 g/mol. The van der Waals surface area contributed by atoms with Gasteiger partial charge in [-0.1, -0.05) is 6.92 Å². The molecule has 0 atom stereocenters. The standard InChI is InChI=1S/C15H19F2NO2/c1-5-15(2,3)18(4)14-11(16)8-10(9-12(14)17)6-7-13(19)20/h6-9H,5H2,1-4H3,(H,19,20). The van der Waals surface area contributed by atoms with Crippen LogP contribution in [0.1, 0.15) is 32.8 Å². The second kappa shape index (κ2) is 6.03. The molecule has 0 unspecified atom stereocenters. The maximum atomic E-state index is 14.1. The Bertz CT molecular complexity index is 516. The monoisotopic (exact) mass is 283 g/mol. The van der Waals surface area contributed by atoms with Gasteiger partial charge in [-0.25, -0.2) is 13.6 Å². The van der Waals surface area contributed by atoms with Gasteiger partial charge in [0.25, 0.3) is 0 Å². The highest BCUT2D eigenvalue weighted by Gasteiger charge is 2.26. The van der Waals surface area contributed by atoms with Crippen molar-refractivity contribution in [1.82, 2.24) is 0 Å². The van der Waals surface area contributed by atoms with E-state index in [1.807, 2.05) is 20.8 Å². The molecule has 0 radical (unpaired) electrons. The highest BCUT2D eigenvalue weighted by Crippen LogP contribution is 2.30. The molecule has 1 N–H and O–H groups in total. The molecule has 0 aliphatic heterocycles. The molecule has 3 nitrogen and oxygen atoms in total. The van der Waals surface area contributed by atoms with Gasteiger partial charge in [0, 0.05) is 18.7 Å². The van der Waals surface area contributed by atoms with Crippen LogP contribution in [0.3, 0.4) is 0 Å². The topological polar surface area (TPSA) is 40.5 Å². The van der Waals surface area contributed by atoms with Crippen LogP contribution >= 0.6 is 0 Å². The van der Waals surface area contributed by atoms with Crippen molar-refractivity contribution < 1.29 is 18.7 Å². The zero-order chi connectivity index (χ0) is 15.5. The Morgan fingerprint density at radius 1 is 1.35 bits per heavy atom. The minimum Gasteiger partial charge on any atom is -0.478 e. The molecule has 0 amide bonds. The molecule has 0 aliphatic rings. The van der Waals surface area contributed by atoms with Crippen molar-refractivity contribution in [2.75, 3.05) is 11.9 Å². The molecular weight excluding hydrogens is 264 g/mol. The number of nitrogens with zero attached hydrogens (tertiary/aromatic N) is 1. The molecular formula is C15H19F2NO2. The van der Waals surface area contributed by atoms with Gasteiger partial charge in [-0.15, -0.1) is 0 Å². The summed E-state index contributed by atoms with van der Waals surface area (Å²) in [6, 6.07) is 2.25. The summed E-state index contributed by atoms with van der Waals surface area (Å²) in [5.41, 5.74) is -0.321. The van der Waals surface area contributed by atoms with Gasteiger partial charge in [0.05, 0.1) is 0 Å². The molecule has 5 heteroatoms. The molecule has 110 valence electrons. The SMILES string of the molecule is CCC(C)(C)N(C)c1c(F)cc(C=CC(=O)O)cc1F. The van der Waals surface area contributed by atoms with Gasteiger partial charge < -0.3 is 10.0 Å². The van der Waals surface area contributed by atoms with Crippen molar-refractivity contribution in [2.24, 2.45) is 0 Å². The van der Waals surface area contributed by atoms with E-state index in [2.05, 4.69) is 0 Å². The number of carboxylic acids is 1. The quantitative estimate of drug-likeness (QED) is 0.838. The summed E-state index contributed by atoms with van der Waals surface area (Å²) in [6.45, 7) is 5.73. The van der Waals surface area contributed by atoms with Crippen molar-refractivity contribution in [3.05, 3.63) is 35.4 Å². The number of aliphatic carboxylic acids is 1. The Balaban J connectivity index is 3.22. The van der Waals surface area contributed by atoms with E-state index >= 15 is 0 Å². The molecule has 0 heterocycles. The third kappa shape index (κ3) is 3.56. The lowest BCUT2D eigenvalue weighted by molar-refractivity contribution is -0.131. The minimum atomic E-state index is -1.17. The first-order valence-corrected chi connectivity index (χ1v) is 6.33. The van der Waals surface area contributed by atoms with E-state index in [1.54, 1.807) is 11.9 Å². The Hall–Kier alpha value is -1.91. The fourth-order valence-corrected chi connectivity index (χ4v) is 1.71. The number of carbonyl (C=O) groups is 1. The highest BCUT2D eigenvalue weighted by molar-refractivity contribution is 5.85. The van der Waals surface area contributed by atoms with Crippen molar-refractivity contribution in [1.29, 1.82) is 0 Å². The molecule has 20 heavy (non-hydrogen) atoms. The van der Waals surface area contributed by atoms with Gasteiger partial charge in [-0.2, -0.15) is 0 Å². The summed E-state index contributed by atoms with van der Waals surface area (Å²) in [7, 11) is 1.64. The van der Waals surface area contributed by atoms with Gasteiger partial charge in [-0.3, -0.25) is 0 Å². The molecule has 1 rings (SSSR count). The Morgan fingerprint density at radius 2 is 1.85 bits per heavy atom. The van der Waals surface area contributed by atoms with Crippen molar-refractivity contribution >= 4 is 17.7 Å². The van der Waals surface area contributed by atoms with Crippen LogP contribution < -0.4 is 4.90 Å². The molecule has 0 bridgehead atoms. The molecule has 1 aromatic carbocycles. The number of halogens is 2. The first-order valence-electron chi connectivity index (χ1n) is 6.33. The van der Waals surface area contributed by atoms with E-state index in [9.17, 15) is 13.6 Å². The van der Waals surface area contributed by atoms with Crippen LogP contribution in [0, 0.1) is 11.6 Å². The average Bonchev–Trinajstić information content (AvgIpc) is 2.35. The summed E-state index contributed by atoms with van der Waals surface area (Å²) < 4.78 is 28.2. The smallest absolute Gasteiger partial charge is 0.328 e. The van der Waals surface area contributed by atoms with Crippen LogP contribution in [0.2, 0.25) is 0 Å². The first-order chi connectivity index (χ1) is 9.19. The van der Waals surface area contributed by atoms with Crippen LogP contribution in [-0.2, 0) is 4.79 Å². The van der Waals surface area contributed by atoms with Crippen molar-refractivity contribution in [3.8, 4) is 0 Å². The van der Waals surface area contributed by atoms with Gasteiger partial charge in [-0.05, 0) is 44.0 Å². The van der Waals surface area contributed by atoms with Crippen LogP contribution in [0.5, 0.6) is 0 Å². The van der Waals surface area contributed by atoms with Crippen LogP contribution in [-0.4, -0.2) is 23.7 Å². The fraction of sp³-hybridized carbons (Fsp3) is 0.400. The predicted molar refractivity (Wildman–Crippen MR) is 75.8 cm³/mol. The van der Waals surface area contributed by atoms with Gasteiger partial charge in [0.15, 0.2) is 0 Å². The number of hydrogen-bond donors (Lipinski definition) is 1. The molecule has 0 saturated carbocycles. The zero-order valence-corrected chi connectivity index (χ0v) is 12.1. The summed E-state index contributed by atoms with van der Waals surface area (Å²) in [4.78, 5) is 12.0. The Labute approximate surface area is 117 Å². The van der Waals surface area contributed by atoms with E-state index in [0.717, 1.165) is 30.7 Å². The second-order valence-electron chi connectivity index (χ2n) is 5.23. The highest BCUT2D eigenvalue weighted by atomic mass is 19.1. The Kier molecular flexibility index (Phi) is 4.87. The van der Waals surface area contributed by atoms with Crippen molar-refractivity contribution in [2.45, 2.75) is 32.7 Å². The second-order valence-corrected chi connectivity index (χ2v) is 5.23. The van der Waals surface area contributed by atoms with Crippen LogP contribution in [0.4, 0.5) is 14.5 Å². The van der Waals surface area contributed by atoms with Gasteiger partial charge >= 0.3 is 5.97 Å². The zero-order valence-electron chi connectivity index (χ0n) is 12.1. The lowest BCUT2D eigenvalue weighted by Gasteiger charge is -2.37. The number of rotatable bonds is 5. The third-order valence-corrected chi connectivity index (χ3v) is 3.57. The van der Waals surface area contributed by atoms with E-state index in [-0.39, 0.29) is 16.8 Å². The predicted octanol–water partition coefficient (Wildman–Crippen LogP) is 3.69. The van der Waals surface area contributed by atoms with Crippen molar-refractivity contribution in [3.63, 3.8) is 0 Å². The van der Waals surface area contributed by atoms with Gasteiger partial charge in [0.1, 0.15) is 17.3 Å². The number of hydrogen-bond acceptors (Lipinski definition) is 2. The maximum absolute atomic E-state index is 14.1. The van der Waals surface area contributed by atoms with Gasteiger partial charge in [0.2, 0.25) is 0 Å². The lowest BCUT2D eigenvalue weighted by atomic mass is 9.98. The normalized spacial score (nSPS) is 11.9. The minimum absolute atomic E-state index is 0.107. The van der Waals surface area contributed by atoms with E-state index in [1.165, 1.54) is 0 Å². The largest absolute Gasteiger partial charge is 0.478 e. The molecule has 0 aromatic heterocycles. The van der Waals surface area contributed by atoms with E-state index in [0.29, 0.717) is 0 Å². The number of benzene rings is 1. The number of carboxylic acid groups (broad SMARTS) is 1. The summed E-state index contributed by atoms with van der Waals surface area (Å²) in [5, 5.41) is 8.51.